The van der Waals surface area contributed by atoms with Crippen LogP contribution in [0, 0.1) is 5.82 Å². The smallest absolute Gasteiger partial charge is 0.255 e. The van der Waals surface area contributed by atoms with Crippen LogP contribution in [-0.4, -0.2) is 73.4 Å². The molecule has 2 unspecified atom stereocenters. The highest BCUT2D eigenvalue weighted by Crippen LogP contribution is 2.44. The Hall–Kier alpha value is -3.63. The number of H-pyrrole nitrogens is 1. The number of hydrogen-bond donors (Lipinski definition) is 3. The van der Waals surface area contributed by atoms with Gasteiger partial charge in [0, 0.05) is 43.0 Å². The second-order valence-electron chi connectivity index (χ2n) is 9.99. The molecular formula is C28H32FN5O4. The minimum Gasteiger partial charge on any atom is -0.492 e. The number of methoxy groups -OCH3 is 1. The van der Waals surface area contributed by atoms with Crippen LogP contribution in [0.15, 0.2) is 36.7 Å². The predicted octanol–water partition coefficient (Wildman–Crippen LogP) is 4.06. The van der Waals surface area contributed by atoms with Crippen LogP contribution in [0.3, 0.4) is 0 Å². The van der Waals surface area contributed by atoms with Crippen LogP contribution < -0.4 is 20.1 Å². The van der Waals surface area contributed by atoms with Crippen molar-refractivity contribution in [2.75, 3.05) is 51.8 Å². The lowest BCUT2D eigenvalue weighted by Crippen LogP contribution is -2.45. The van der Waals surface area contributed by atoms with Crippen LogP contribution in [0.5, 0.6) is 11.5 Å². The molecule has 3 atom stereocenters. The molecule has 3 aliphatic heterocycles. The number of fused-ring (bicyclic) bond motifs is 5. The van der Waals surface area contributed by atoms with Gasteiger partial charge in [-0.15, -0.1) is 0 Å². The maximum atomic E-state index is 14.6. The van der Waals surface area contributed by atoms with Crippen LogP contribution in [0.2, 0.25) is 0 Å². The lowest BCUT2D eigenvalue weighted by molar-refractivity contribution is -0.0481. The number of nitrogens with one attached hydrogen (secondary N) is 3. The summed E-state index contributed by atoms with van der Waals surface area (Å²) in [6.07, 6.45) is 6.37. The number of aromatic amines is 1. The highest BCUT2D eigenvalue weighted by atomic mass is 19.1. The van der Waals surface area contributed by atoms with Gasteiger partial charge in [-0.05, 0) is 37.6 Å². The van der Waals surface area contributed by atoms with Gasteiger partial charge in [-0.1, -0.05) is 12.5 Å². The van der Waals surface area contributed by atoms with Gasteiger partial charge in [0.25, 0.3) is 5.91 Å². The molecule has 1 fully saturated rings. The molecule has 3 aromatic rings. The molecule has 200 valence electrons. The van der Waals surface area contributed by atoms with E-state index in [0.717, 1.165) is 50.2 Å². The summed E-state index contributed by atoms with van der Waals surface area (Å²) in [6.45, 7) is 4.40. The van der Waals surface area contributed by atoms with Crippen LogP contribution in [0.4, 0.5) is 15.8 Å². The fourth-order valence-corrected chi connectivity index (χ4v) is 5.69. The summed E-state index contributed by atoms with van der Waals surface area (Å²) in [5, 5.41) is 6.39. The third kappa shape index (κ3) is 4.69. The molecule has 0 saturated carbocycles. The first kappa shape index (κ1) is 24.7. The molecule has 5 heterocycles. The maximum Gasteiger partial charge on any atom is 0.255 e. The Morgan fingerprint density at radius 2 is 2.16 bits per heavy atom. The predicted molar refractivity (Wildman–Crippen MR) is 141 cm³/mol. The molecule has 3 aliphatic rings. The van der Waals surface area contributed by atoms with E-state index in [-0.39, 0.29) is 23.7 Å². The molecule has 2 aromatic heterocycles. The summed E-state index contributed by atoms with van der Waals surface area (Å²) in [5.74, 6) is 0.111. The van der Waals surface area contributed by atoms with Crippen molar-refractivity contribution < 1.29 is 23.4 Å². The summed E-state index contributed by atoms with van der Waals surface area (Å²) < 4.78 is 32.2. The molecule has 1 aromatic carbocycles. The molecule has 1 amide bonds. The number of para-hydroxylation sites is 1. The van der Waals surface area contributed by atoms with Crippen LogP contribution in [0.25, 0.3) is 11.3 Å². The second-order valence-corrected chi connectivity index (χ2v) is 9.99. The second kappa shape index (κ2) is 10.6. The van der Waals surface area contributed by atoms with E-state index < -0.39 is 5.82 Å². The molecule has 0 aliphatic carbocycles. The van der Waals surface area contributed by atoms with Gasteiger partial charge in [0.2, 0.25) is 0 Å². The zero-order valence-corrected chi connectivity index (χ0v) is 21.4. The van der Waals surface area contributed by atoms with Gasteiger partial charge >= 0.3 is 0 Å². The summed E-state index contributed by atoms with van der Waals surface area (Å²) in [5.41, 5.74) is 3.81. The molecule has 0 spiro atoms. The van der Waals surface area contributed by atoms with E-state index in [0.29, 0.717) is 48.1 Å². The van der Waals surface area contributed by atoms with E-state index in [9.17, 15) is 9.18 Å². The molecule has 3 N–H and O–H groups in total. The zero-order chi connectivity index (χ0) is 26.1. The Labute approximate surface area is 220 Å². The van der Waals surface area contributed by atoms with Gasteiger partial charge in [-0.25, -0.2) is 4.39 Å². The van der Waals surface area contributed by atoms with Gasteiger partial charge in [-0.3, -0.25) is 14.7 Å². The van der Waals surface area contributed by atoms with Crippen molar-refractivity contribution in [1.82, 2.24) is 20.2 Å². The van der Waals surface area contributed by atoms with E-state index in [4.69, 9.17) is 14.2 Å². The van der Waals surface area contributed by atoms with E-state index in [1.54, 1.807) is 24.5 Å². The first-order valence-electron chi connectivity index (χ1n) is 13.2. The molecule has 6 rings (SSSR count). The Bertz CT molecular complexity index is 1330. The van der Waals surface area contributed by atoms with Gasteiger partial charge in [0.05, 0.1) is 42.5 Å². The number of ether oxygens (including phenoxy) is 3. The summed E-state index contributed by atoms with van der Waals surface area (Å²) in [4.78, 5) is 23.6. The van der Waals surface area contributed by atoms with Crippen LogP contribution in [0.1, 0.15) is 41.2 Å². The van der Waals surface area contributed by atoms with Gasteiger partial charge in [0.1, 0.15) is 18.5 Å². The van der Waals surface area contributed by atoms with E-state index in [1.807, 2.05) is 6.07 Å². The highest BCUT2D eigenvalue weighted by molar-refractivity contribution is 6.07. The van der Waals surface area contributed by atoms with Crippen molar-refractivity contribution in [3.05, 3.63) is 53.7 Å². The number of nitrogens with zero attached hydrogens (tertiary/aromatic N) is 2. The summed E-state index contributed by atoms with van der Waals surface area (Å²) in [7, 11) is 1.42. The highest BCUT2D eigenvalue weighted by Gasteiger charge is 2.34. The number of carbonyl (C=O) groups is 1. The van der Waals surface area contributed by atoms with Crippen molar-refractivity contribution in [3.63, 3.8) is 0 Å². The Kier molecular flexibility index (Phi) is 6.90. The van der Waals surface area contributed by atoms with E-state index in [2.05, 4.69) is 25.5 Å². The number of aromatic nitrogens is 2. The number of anilines is 2. The number of pyridine rings is 1. The summed E-state index contributed by atoms with van der Waals surface area (Å²) >= 11 is 0. The van der Waals surface area contributed by atoms with Gasteiger partial charge in [0.15, 0.2) is 11.6 Å². The Morgan fingerprint density at radius 3 is 3.05 bits per heavy atom. The van der Waals surface area contributed by atoms with Gasteiger partial charge in [-0.2, -0.15) is 0 Å². The SMILES string of the molecule is COc1c(F)cccc1Nc1c2[nH]c3c1C(=O)NCC3CCCCN1CCO[C@H](COc3cnccc3-2)C1. The minimum atomic E-state index is -0.491. The van der Waals surface area contributed by atoms with Crippen molar-refractivity contribution in [1.29, 1.82) is 0 Å². The van der Waals surface area contributed by atoms with Gasteiger partial charge < -0.3 is 29.8 Å². The molecule has 0 radical (unpaired) electrons. The molecular weight excluding hydrogens is 489 g/mol. The fourth-order valence-electron chi connectivity index (χ4n) is 5.69. The Balaban J connectivity index is 1.48. The zero-order valence-electron chi connectivity index (χ0n) is 21.4. The largest absolute Gasteiger partial charge is 0.492 e. The normalized spacial score (nSPS) is 23.2. The molecule has 4 bridgehead atoms. The average Bonchev–Trinajstić information content (AvgIpc) is 3.31. The number of morpholine rings is 1. The minimum absolute atomic E-state index is 0.0386. The van der Waals surface area contributed by atoms with Crippen molar-refractivity contribution in [3.8, 4) is 22.8 Å². The summed E-state index contributed by atoms with van der Waals surface area (Å²) in [6, 6.07) is 6.54. The van der Waals surface area contributed by atoms with Crippen molar-refractivity contribution in [2.24, 2.45) is 0 Å². The maximum absolute atomic E-state index is 14.6. The lowest BCUT2D eigenvalue weighted by atomic mass is 9.91. The molecule has 9 nitrogen and oxygen atoms in total. The third-order valence-electron chi connectivity index (χ3n) is 7.58. The van der Waals surface area contributed by atoms with Crippen LogP contribution in [-0.2, 0) is 4.74 Å². The topological polar surface area (TPSA) is 101 Å². The lowest BCUT2D eigenvalue weighted by Gasteiger charge is -2.33. The Morgan fingerprint density at radius 1 is 1.24 bits per heavy atom. The number of rotatable bonds is 3. The number of amides is 1. The molecule has 1 saturated heterocycles. The van der Waals surface area contributed by atoms with E-state index >= 15 is 0 Å². The average molecular weight is 522 g/mol. The first-order valence-corrected chi connectivity index (χ1v) is 13.2. The first-order chi connectivity index (χ1) is 18.6. The third-order valence-corrected chi connectivity index (χ3v) is 7.58. The van der Waals surface area contributed by atoms with E-state index in [1.165, 1.54) is 13.2 Å². The standard InChI is InChI=1S/C28H32FN5O4/c1-36-27-20(29)6-4-7-21(27)32-26-23-24-17(13-31-28(23)35)5-2-3-10-34-11-12-37-18(15-34)16-38-22-14-30-9-8-19(22)25(26)33-24/h4,6-9,14,17-18,32-33H,2-3,5,10-13,15-16H2,1H3,(H,31,35)/t17?,18-/m0/s1. The molecule has 38 heavy (non-hydrogen) atoms. The molecule has 10 heteroatoms. The van der Waals surface area contributed by atoms with Crippen molar-refractivity contribution in [2.45, 2.75) is 31.3 Å². The fraction of sp³-hybridized carbons (Fsp3) is 0.429. The number of hydrogen-bond acceptors (Lipinski definition) is 7. The van der Waals surface area contributed by atoms with Crippen LogP contribution >= 0.6 is 0 Å². The monoisotopic (exact) mass is 521 g/mol. The number of halogens is 1. The quantitative estimate of drug-likeness (QED) is 0.478. The number of carbonyl (C=O) groups excluding carboxylic acids is 1. The van der Waals surface area contributed by atoms with Crippen molar-refractivity contribution >= 4 is 17.3 Å². The number of benzene rings is 1.